The van der Waals surface area contributed by atoms with Crippen molar-refractivity contribution in [2.45, 2.75) is 84.1 Å². The van der Waals surface area contributed by atoms with Crippen LogP contribution in [0, 0.1) is 0 Å². The normalized spacial score (nSPS) is 20.2. The van der Waals surface area contributed by atoms with Crippen molar-refractivity contribution in [3.05, 3.63) is 71.8 Å². The number of hydrogen-bond donors (Lipinski definition) is 0. The van der Waals surface area contributed by atoms with Crippen LogP contribution in [0.4, 0.5) is 0 Å². The summed E-state index contributed by atoms with van der Waals surface area (Å²) in [7, 11) is 0. The molecule has 5 nitrogen and oxygen atoms in total. The van der Waals surface area contributed by atoms with Gasteiger partial charge in [0, 0.05) is 18.6 Å². The molecule has 1 heterocycles. The zero-order valence-electron chi connectivity index (χ0n) is 20.2. The maximum Gasteiger partial charge on any atom is 0.308 e. The Morgan fingerprint density at radius 1 is 1.09 bits per heavy atom. The molecule has 0 unspecified atom stereocenters. The smallest absolute Gasteiger partial charge is 0.308 e. The van der Waals surface area contributed by atoms with Gasteiger partial charge < -0.3 is 14.2 Å². The number of carbonyl (C=O) groups is 1. The third-order valence-electron chi connectivity index (χ3n) is 5.67. The summed E-state index contributed by atoms with van der Waals surface area (Å²) in [5, 5.41) is 0. The molecule has 0 amide bonds. The van der Waals surface area contributed by atoms with Crippen LogP contribution in [0.25, 0.3) is 0 Å². The van der Waals surface area contributed by atoms with Gasteiger partial charge in [0.2, 0.25) is 0 Å². The Bertz CT molecular complexity index is 860. The Balaban J connectivity index is 1.95. The summed E-state index contributed by atoms with van der Waals surface area (Å²) in [6.07, 6.45) is -0.0156. The second kappa shape index (κ2) is 10.2. The molecule has 0 bridgehead atoms. The number of esters is 1. The standard InChI is InChI=1S/C27H37NO4/c1-20(22-15-11-8-12-16-22)28(18-21-13-9-7-10-14-21)23(17-25(29)32-26(2,3)4)24-19-30-27(5,6)31-24/h7-16,20,23-24H,17-19H2,1-6H3/t20-,23-,24+/m0/s1. The van der Waals surface area contributed by atoms with Crippen LogP contribution >= 0.6 is 0 Å². The second-order valence-corrected chi connectivity index (χ2v) is 9.97. The van der Waals surface area contributed by atoms with Gasteiger partial charge >= 0.3 is 5.97 Å². The van der Waals surface area contributed by atoms with Gasteiger partial charge in [0.15, 0.2) is 5.79 Å². The molecule has 0 aromatic heterocycles. The highest BCUT2D eigenvalue weighted by Crippen LogP contribution is 2.33. The molecule has 2 aromatic rings. The minimum absolute atomic E-state index is 0.0659. The first-order valence-electron chi connectivity index (χ1n) is 11.4. The van der Waals surface area contributed by atoms with Crippen molar-refractivity contribution in [1.82, 2.24) is 4.90 Å². The third kappa shape index (κ3) is 6.89. The van der Waals surface area contributed by atoms with Crippen molar-refractivity contribution in [1.29, 1.82) is 0 Å². The number of nitrogens with zero attached hydrogens (tertiary/aromatic N) is 1. The number of rotatable bonds is 8. The first-order chi connectivity index (χ1) is 15.0. The van der Waals surface area contributed by atoms with Crippen molar-refractivity contribution < 1.29 is 19.0 Å². The molecule has 32 heavy (non-hydrogen) atoms. The summed E-state index contributed by atoms with van der Waals surface area (Å²) in [6.45, 7) is 12.8. The average molecular weight is 440 g/mol. The van der Waals surface area contributed by atoms with Crippen molar-refractivity contribution in [2.75, 3.05) is 6.61 Å². The average Bonchev–Trinajstić information content (AvgIpc) is 3.09. The Labute approximate surface area is 192 Å². The number of carbonyl (C=O) groups excluding carboxylic acids is 1. The summed E-state index contributed by atoms with van der Waals surface area (Å²) in [6, 6.07) is 20.6. The highest BCUT2D eigenvalue weighted by Gasteiger charge is 2.42. The van der Waals surface area contributed by atoms with E-state index < -0.39 is 11.4 Å². The van der Waals surface area contributed by atoms with E-state index >= 15 is 0 Å². The molecule has 1 aliphatic heterocycles. The monoisotopic (exact) mass is 439 g/mol. The van der Waals surface area contributed by atoms with Gasteiger partial charge in [-0.05, 0) is 52.7 Å². The van der Waals surface area contributed by atoms with E-state index in [1.165, 1.54) is 11.1 Å². The topological polar surface area (TPSA) is 48.0 Å². The zero-order valence-corrected chi connectivity index (χ0v) is 20.2. The molecular formula is C27H37NO4. The first kappa shape index (κ1) is 24.4. The Morgan fingerprint density at radius 3 is 2.22 bits per heavy atom. The zero-order chi connectivity index (χ0) is 23.4. The predicted octanol–water partition coefficient (Wildman–Crippen LogP) is 5.50. The molecular weight excluding hydrogens is 402 g/mol. The van der Waals surface area contributed by atoms with Gasteiger partial charge in [-0.2, -0.15) is 0 Å². The highest BCUT2D eigenvalue weighted by molar-refractivity contribution is 5.70. The molecule has 5 heteroatoms. The number of benzene rings is 2. The lowest BCUT2D eigenvalue weighted by Gasteiger charge is -2.39. The SMILES string of the molecule is C[C@@H](c1ccccc1)N(Cc1ccccc1)[C@@H](CC(=O)OC(C)(C)C)[C@H]1COC(C)(C)O1. The van der Waals surface area contributed by atoms with Crippen LogP contribution in [0.15, 0.2) is 60.7 Å². The molecule has 0 radical (unpaired) electrons. The molecule has 0 aliphatic carbocycles. The van der Waals surface area contributed by atoms with Crippen molar-refractivity contribution >= 4 is 5.97 Å². The van der Waals surface area contributed by atoms with Gasteiger partial charge in [-0.25, -0.2) is 0 Å². The quantitative estimate of drug-likeness (QED) is 0.508. The fourth-order valence-corrected chi connectivity index (χ4v) is 4.18. The third-order valence-corrected chi connectivity index (χ3v) is 5.67. The van der Waals surface area contributed by atoms with E-state index in [0.29, 0.717) is 13.2 Å². The Hall–Kier alpha value is -2.21. The van der Waals surface area contributed by atoms with Gasteiger partial charge in [0.1, 0.15) is 11.7 Å². The van der Waals surface area contributed by atoms with Crippen molar-refractivity contribution in [2.24, 2.45) is 0 Å². The summed E-state index contributed by atoms with van der Waals surface area (Å²) >= 11 is 0. The Kier molecular flexibility index (Phi) is 7.75. The van der Waals surface area contributed by atoms with E-state index in [-0.39, 0.29) is 30.6 Å². The van der Waals surface area contributed by atoms with E-state index in [9.17, 15) is 4.79 Å². The molecule has 174 valence electrons. The molecule has 1 saturated heterocycles. The molecule has 3 atom stereocenters. The molecule has 1 fully saturated rings. The molecule has 0 spiro atoms. The highest BCUT2D eigenvalue weighted by atomic mass is 16.7. The maximum absolute atomic E-state index is 13.0. The number of hydrogen-bond acceptors (Lipinski definition) is 5. The summed E-state index contributed by atoms with van der Waals surface area (Å²) in [5.41, 5.74) is 1.84. The lowest BCUT2D eigenvalue weighted by molar-refractivity contribution is -0.164. The van der Waals surface area contributed by atoms with Crippen LogP contribution in [-0.4, -0.2) is 41.0 Å². The number of ether oxygens (including phenoxy) is 3. The van der Waals surface area contributed by atoms with Gasteiger partial charge in [0.05, 0.1) is 13.0 Å². The van der Waals surface area contributed by atoms with Crippen molar-refractivity contribution in [3.63, 3.8) is 0 Å². The van der Waals surface area contributed by atoms with Crippen LogP contribution < -0.4 is 0 Å². The van der Waals surface area contributed by atoms with Crippen LogP contribution in [0.3, 0.4) is 0 Å². The molecule has 0 saturated carbocycles. The van der Waals surface area contributed by atoms with E-state index in [2.05, 4.69) is 36.1 Å². The van der Waals surface area contributed by atoms with Crippen LogP contribution in [0.1, 0.15) is 65.1 Å². The molecule has 3 rings (SSSR count). The fourth-order valence-electron chi connectivity index (χ4n) is 4.18. The minimum Gasteiger partial charge on any atom is -0.460 e. The fraction of sp³-hybridized carbons (Fsp3) is 0.519. The van der Waals surface area contributed by atoms with E-state index in [4.69, 9.17) is 14.2 Å². The predicted molar refractivity (Wildman–Crippen MR) is 126 cm³/mol. The van der Waals surface area contributed by atoms with E-state index in [1.54, 1.807) is 0 Å². The minimum atomic E-state index is -0.675. The Morgan fingerprint density at radius 2 is 1.69 bits per heavy atom. The van der Waals surface area contributed by atoms with E-state index in [1.807, 2.05) is 71.0 Å². The molecule has 0 N–H and O–H groups in total. The maximum atomic E-state index is 13.0. The summed E-state index contributed by atoms with van der Waals surface area (Å²) in [4.78, 5) is 15.3. The van der Waals surface area contributed by atoms with Crippen LogP contribution in [0.5, 0.6) is 0 Å². The first-order valence-corrected chi connectivity index (χ1v) is 11.4. The lowest BCUT2D eigenvalue weighted by Crippen LogP contribution is -2.48. The van der Waals surface area contributed by atoms with Gasteiger partial charge in [-0.1, -0.05) is 60.7 Å². The second-order valence-electron chi connectivity index (χ2n) is 9.97. The molecule has 1 aliphatic rings. The summed E-state index contributed by atoms with van der Waals surface area (Å²) < 4.78 is 17.9. The van der Waals surface area contributed by atoms with E-state index in [0.717, 1.165) is 0 Å². The van der Waals surface area contributed by atoms with Gasteiger partial charge in [-0.3, -0.25) is 9.69 Å². The van der Waals surface area contributed by atoms with Gasteiger partial charge in [-0.15, -0.1) is 0 Å². The van der Waals surface area contributed by atoms with Gasteiger partial charge in [0.25, 0.3) is 0 Å². The van der Waals surface area contributed by atoms with Crippen molar-refractivity contribution in [3.8, 4) is 0 Å². The van der Waals surface area contributed by atoms with Crippen LogP contribution in [0.2, 0.25) is 0 Å². The summed E-state index contributed by atoms with van der Waals surface area (Å²) in [5.74, 6) is -0.903. The molecule has 2 aromatic carbocycles. The lowest BCUT2D eigenvalue weighted by atomic mass is 9.98. The largest absolute Gasteiger partial charge is 0.460 e. The van der Waals surface area contributed by atoms with Crippen LogP contribution in [-0.2, 0) is 25.5 Å².